The first-order valence-electron chi connectivity index (χ1n) is 32.6. The highest BCUT2D eigenvalue weighted by Crippen LogP contribution is 2.58. The van der Waals surface area contributed by atoms with Gasteiger partial charge in [-0.2, -0.15) is 0 Å². The van der Waals surface area contributed by atoms with Gasteiger partial charge in [0.05, 0.1) is 31.0 Å². The van der Waals surface area contributed by atoms with E-state index in [-0.39, 0.29) is 93.6 Å². The molecule has 0 aromatic carbocycles. The molecule has 5 aliphatic heterocycles. The average Bonchev–Trinajstić information content (AvgIpc) is 1.54. The standard InChI is InChI=1S/C22H33N3O2.C22H32O7.C14H15NO2.C12H10O4.C4H11NO.CH4/c1-9-16(2)23-12-18(14-25(27)22(6,7)8)19-11-10-17(20(19)15-23)13-24(26)21(3,4)5;1-12(2)6-20(25)29-19-7-16-15(9-26-14(5)23)10-27-18(8-17(24)13(3)4)21(16)22(19)11-28-22;1-3-10(2)15-6-12(9-17)13-5-4-11(8-16)14(13)7-15;1-8(14)16-6-10-5-15-7-12-9(4-13)2-3-11(10)12;1-4(2,3)5-6;/h10-16H,9H2,1-8H3;10,12-13,16,18-19,21H,6-9,11H2,1-5H3;4-10H,3H2,1-2H3;2-5,7H,6H2,1H3;5-6H,1-3H3;1H4/p+1/b24-13-,25-14-;;;;;. The number of esters is 3. The molecule has 96 heavy (non-hydrogen) atoms. The zero-order chi connectivity index (χ0) is 71.1. The van der Waals surface area contributed by atoms with Crippen LogP contribution in [0.3, 0.4) is 0 Å². The molecule has 526 valence electrons. The van der Waals surface area contributed by atoms with E-state index >= 15 is 0 Å². The first kappa shape index (κ1) is 80.2. The van der Waals surface area contributed by atoms with Crippen molar-refractivity contribution >= 4 is 55.0 Å². The second-order valence-electron chi connectivity index (χ2n) is 28.5. The van der Waals surface area contributed by atoms with Crippen LogP contribution in [0, 0.1) is 34.1 Å². The number of hydrogen-bond donors (Lipinski definition) is 2. The van der Waals surface area contributed by atoms with Crippen molar-refractivity contribution in [3.8, 4) is 33.4 Å². The van der Waals surface area contributed by atoms with Crippen LogP contribution in [0.4, 0.5) is 0 Å². The van der Waals surface area contributed by atoms with E-state index in [1.54, 1.807) is 30.8 Å². The summed E-state index contributed by atoms with van der Waals surface area (Å²) in [6.07, 6.45) is 20.7. The lowest BCUT2D eigenvalue weighted by molar-refractivity contribution is -0.530. The highest BCUT2D eigenvalue weighted by molar-refractivity contribution is 5.98. The lowest BCUT2D eigenvalue weighted by atomic mass is 9.77. The van der Waals surface area contributed by atoms with E-state index < -0.39 is 16.7 Å². The van der Waals surface area contributed by atoms with Crippen molar-refractivity contribution in [2.24, 2.45) is 23.7 Å². The van der Waals surface area contributed by atoms with Gasteiger partial charge in [0.1, 0.15) is 36.8 Å². The van der Waals surface area contributed by atoms with Gasteiger partial charge >= 0.3 is 19.3 Å². The van der Waals surface area contributed by atoms with Gasteiger partial charge in [-0.1, -0.05) is 79.3 Å². The second-order valence-corrected chi connectivity index (χ2v) is 28.5. The van der Waals surface area contributed by atoms with E-state index in [4.69, 9.17) is 33.3 Å². The molecule has 0 aromatic rings. The lowest BCUT2D eigenvalue weighted by Crippen LogP contribution is -2.44. The Labute approximate surface area is 568 Å². The molecule has 0 bridgehead atoms. The van der Waals surface area contributed by atoms with E-state index in [0.717, 1.165) is 96.8 Å². The van der Waals surface area contributed by atoms with Crippen LogP contribution >= 0.6 is 0 Å². The Hall–Kier alpha value is -8.27. The molecule has 0 radical (unpaired) electrons. The number of aldehydes is 3. The van der Waals surface area contributed by atoms with Gasteiger partial charge in [0.15, 0.2) is 42.4 Å². The molecular weight excluding hydrogens is 1230 g/mol. The number of carbonyl (C=O) groups is 7. The number of hydrogen-bond acceptors (Lipinski definition) is 17. The quantitative estimate of drug-likeness (QED) is 0.0111. The summed E-state index contributed by atoms with van der Waals surface area (Å²) in [6, 6.07) is 11.7. The van der Waals surface area contributed by atoms with Gasteiger partial charge < -0.3 is 52.9 Å². The van der Waals surface area contributed by atoms with Crippen molar-refractivity contribution in [3.63, 3.8) is 0 Å². The van der Waals surface area contributed by atoms with Crippen molar-refractivity contribution in [1.82, 2.24) is 14.6 Å². The third-order valence-corrected chi connectivity index (χ3v) is 16.9. The number of epoxide rings is 1. The average molecular weight is 1330 g/mol. The molecule has 9 rings (SSSR count). The highest BCUT2D eigenvalue weighted by atomic mass is 16.6. The predicted octanol–water partition coefficient (Wildman–Crippen LogP) is 14.8. The molecule has 0 aromatic heterocycles. The number of pyridine rings is 2. The maximum Gasteiger partial charge on any atom is 1.00 e. The molecule has 0 amide bonds. The van der Waals surface area contributed by atoms with Gasteiger partial charge in [0, 0.05) is 173 Å². The number of hydroxylamine groups is 3. The van der Waals surface area contributed by atoms with Crippen molar-refractivity contribution in [1.29, 1.82) is 0 Å². The number of rotatable bonds is 19. The Balaban J connectivity index is 0.000000333. The minimum absolute atomic E-state index is 0. The van der Waals surface area contributed by atoms with Gasteiger partial charge in [-0.05, 0) is 88.5 Å². The molecule has 1 saturated heterocycles. The van der Waals surface area contributed by atoms with E-state index in [0.29, 0.717) is 48.2 Å². The van der Waals surface area contributed by atoms with Crippen LogP contribution < -0.4 is 5.48 Å². The molecule has 1 saturated carbocycles. The Morgan fingerprint density at radius 2 is 1.16 bits per heavy atom. The number of aromatic nitrogens is 2. The maximum atomic E-state index is 12.5. The Bertz CT molecular complexity index is 3580. The smallest absolute Gasteiger partial charge is 0.623 e. The Kier molecular flexibility index (Phi) is 28.9. The fourth-order valence-electron chi connectivity index (χ4n) is 10.7. The molecule has 2 fully saturated rings. The second kappa shape index (κ2) is 34.6. The summed E-state index contributed by atoms with van der Waals surface area (Å²) in [5.74, 6) is -0.831. The van der Waals surface area contributed by atoms with Crippen molar-refractivity contribution < 1.29 is 77.8 Å². The number of nitrogens with zero attached hydrogens (tertiary/aromatic N) is 4. The zero-order valence-corrected chi connectivity index (χ0v) is 59.0. The van der Waals surface area contributed by atoms with Crippen LogP contribution in [0.15, 0.2) is 90.0 Å². The number of Topliss-reactive ketones (excluding diaryl/α,β-unsaturated/α-hetero) is 1. The van der Waals surface area contributed by atoms with Crippen molar-refractivity contribution in [2.45, 2.75) is 224 Å². The number of fused-ring (bicyclic) bond motifs is 5. The summed E-state index contributed by atoms with van der Waals surface area (Å²) in [4.78, 5) is 79.5. The molecular formula is C75H106N5O16+. The van der Waals surface area contributed by atoms with E-state index in [2.05, 4.69) is 43.9 Å². The molecule has 9 aliphatic rings. The predicted molar refractivity (Wildman–Crippen MR) is 372 cm³/mol. The first-order chi connectivity index (χ1) is 44.5. The first-order valence-corrected chi connectivity index (χ1v) is 32.6. The topological polar surface area (TPSA) is 276 Å². The monoisotopic (exact) mass is 1330 g/mol. The summed E-state index contributed by atoms with van der Waals surface area (Å²) in [6.45, 7) is 36.6. The SMILES string of the molecule is C.CC(=O)OCC1=COC(CC(=O)C(C)C)C2C1CC(OC(=O)CC(C)C)C21CO1.CC(=O)OCc1cocc2c(C=O)ccc1-2.CC(C)(C)NO.CCC(C)n1cc(/C=[N+](\[O-])C(C)(C)C)c2ccc(/C=[N+](\[O-])C(C)(C)C)c-2c1.CCC(C)n1cc(C=O)c2ccc(C=O)c-2c1.[H+]. The van der Waals surface area contributed by atoms with Crippen molar-refractivity contribution in [2.75, 3.05) is 13.2 Å². The van der Waals surface area contributed by atoms with Crippen LogP contribution in [0.2, 0.25) is 0 Å². The zero-order valence-electron chi connectivity index (χ0n) is 60.0. The highest BCUT2D eigenvalue weighted by Gasteiger charge is 2.70. The molecule has 4 aliphatic carbocycles. The third-order valence-electron chi connectivity index (χ3n) is 16.9. The molecule has 21 nitrogen and oxygen atoms in total. The minimum atomic E-state index is -0.616. The number of ether oxygens (including phenoxy) is 5. The van der Waals surface area contributed by atoms with Gasteiger partial charge in [0.2, 0.25) is 0 Å². The summed E-state index contributed by atoms with van der Waals surface area (Å²) in [5, 5.41) is 33.1. The van der Waals surface area contributed by atoms with Crippen LogP contribution in [0.1, 0.15) is 232 Å². The normalized spacial score (nSPS) is 18.9. The fraction of sp³-hybridized carbons (Fsp3) is 0.533. The fourth-order valence-corrected chi connectivity index (χ4v) is 10.7. The third kappa shape index (κ3) is 21.4. The maximum absolute atomic E-state index is 12.5. The number of nitrogens with one attached hydrogen (secondary N) is 1. The van der Waals surface area contributed by atoms with Gasteiger partial charge in [-0.25, -0.2) is 15.0 Å². The van der Waals surface area contributed by atoms with Crippen LogP contribution in [0.5, 0.6) is 0 Å². The largest absolute Gasteiger partial charge is 1.00 e. The van der Waals surface area contributed by atoms with Crippen molar-refractivity contribution in [3.05, 3.63) is 129 Å². The van der Waals surface area contributed by atoms with Gasteiger partial charge in [-0.15, -0.1) is 0 Å². The van der Waals surface area contributed by atoms with Crippen LogP contribution in [0.25, 0.3) is 33.4 Å². The Morgan fingerprint density at radius 3 is 1.62 bits per heavy atom. The minimum Gasteiger partial charge on any atom is -0.623 e. The number of carbonyl (C=O) groups excluding carboxylic acids is 7. The summed E-state index contributed by atoms with van der Waals surface area (Å²) in [5.41, 5.74) is 10.8. The molecule has 7 unspecified atom stereocenters. The Morgan fingerprint density at radius 1 is 0.688 bits per heavy atom. The summed E-state index contributed by atoms with van der Waals surface area (Å²) >= 11 is 0. The number of ketones is 1. The molecule has 2 N–H and O–H groups in total. The van der Waals surface area contributed by atoms with Crippen LogP contribution in [-0.4, -0.2) is 126 Å². The van der Waals surface area contributed by atoms with Gasteiger partial charge in [0.25, 0.3) is 0 Å². The van der Waals surface area contributed by atoms with E-state index in [9.17, 15) is 44.0 Å². The van der Waals surface area contributed by atoms with Crippen LogP contribution in [-0.2, 0) is 49.5 Å². The summed E-state index contributed by atoms with van der Waals surface area (Å²) < 4.78 is 39.0. The molecule has 7 atom stereocenters. The van der Waals surface area contributed by atoms with E-state index in [1.807, 2.05) is 137 Å². The summed E-state index contributed by atoms with van der Waals surface area (Å²) in [7, 11) is 0. The lowest BCUT2D eigenvalue weighted by Gasteiger charge is -2.36. The van der Waals surface area contributed by atoms with E-state index in [1.165, 1.54) is 26.4 Å². The van der Waals surface area contributed by atoms with Gasteiger partial charge in [-0.3, -0.25) is 33.6 Å². The molecule has 5 heterocycles. The molecule has 21 heteroatoms. The molecule has 1 spiro atoms.